The molecule has 0 atom stereocenters. The smallest absolute Gasteiger partial charge is 0.168 e. The van der Waals surface area contributed by atoms with Gasteiger partial charge in [-0.25, -0.2) is 0 Å². The Hall–Kier alpha value is -0.160. The summed E-state index contributed by atoms with van der Waals surface area (Å²) < 4.78 is 11.6. The molecular formula is C16H30N2O2. The van der Waals surface area contributed by atoms with E-state index in [4.69, 9.17) is 9.47 Å². The van der Waals surface area contributed by atoms with Crippen LogP contribution in [0, 0.1) is 5.41 Å². The van der Waals surface area contributed by atoms with Crippen LogP contribution in [0.5, 0.6) is 0 Å². The van der Waals surface area contributed by atoms with Crippen molar-refractivity contribution in [2.75, 3.05) is 39.9 Å². The normalized spacial score (nSPS) is 30.9. The number of likely N-dealkylation sites (tertiary alicyclic amines) is 1. The van der Waals surface area contributed by atoms with Crippen molar-refractivity contribution in [3.05, 3.63) is 0 Å². The van der Waals surface area contributed by atoms with Crippen molar-refractivity contribution in [3.8, 4) is 0 Å². The van der Waals surface area contributed by atoms with Crippen LogP contribution < -0.4 is 5.32 Å². The molecule has 2 heterocycles. The van der Waals surface area contributed by atoms with Crippen LogP contribution in [0.15, 0.2) is 0 Å². The maximum absolute atomic E-state index is 5.80. The Morgan fingerprint density at radius 1 is 1.05 bits per heavy atom. The number of hydrogen-bond donors (Lipinski definition) is 1. The molecule has 0 aromatic heterocycles. The average molecular weight is 282 g/mol. The zero-order chi connectivity index (χ0) is 14.1. The fraction of sp³-hybridized carbons (Fsp3) is 1.00. The van der Waals surface area contributed by atoms with E-state index < -0.39 is 0 Å². The summed E-state index contributed by atoms with van der Waals surface area (Å²) in [6, 6.07) is 0.657. The molecule has 0 amide bonds. The number of rotatable bonds is 3. The average Bonchev–Trinajstić information content (AvgIpc) is 2.91. The van der Waals surface area contributed by atoms with E-state index in [1.54, 1.807) is 0 Å². The van der Waals surface area contributed by atoms with Crippen molar-refractivity contribution in [1.82, 2.24) is 10.2 Å². The third-order valence-electron chi connectivity index (χ3n) is 5.57. The third kappa shape index (κ3) is 3.35. The highest BCUT2D eigenvalue weighted by molar-refractivity contribution is 4.88. The first-order valence-corrected chi connectivity index (χ1v) is 8.29. The predicted octanol–water partition coefficient (Wildman–Crippen LogP) is 1.99. The van der Waals surface area contributed by atoms with Crippen LogP contribution in [-0.2, 0) is 9.47 Å². The van der Waals surface area contributed by atoms with Gasteiger partial charge in [-0.2, -0.15) is 0 Å². The largest absolute Gasteiger partial charge is 0.348 e. The molecule has 116 valence electrons. The summed E-state index contributed by atoms with van der Waals surface area (Å²) in [6.07, 6.45) is 7.14. The van der Waals surface area contributed by atoms with E-state index in [-0.39, 0.29) is 5.79 Å². The van der Waals surface area contributed by atoms with Crippen molar-refractivity contribution in [3.63, 3.8) is 0 Å². The predicted molar refractivity (Wildman–Crippen MR) is 79.7 cm³/mol. The summed E-state index contributed by atoms with van der Waals surface area (Å²) in [5.41, 5.74) is 0.488. The Bertz CT molecular complexity index is 310. The minimum atomic E-state index is -0.213. The van der Waals surface area contributed by atoms with Gasteiger partial charge in [-0.1, -0.05) is 6.92 Å². The fourth-order valence-corrected chi connectivity index (χ4v) is 3.77. The number of piperidine rings is 1. The molecule has 4 nitrogen and oxygen atoms in total. The standard InChI is InChI=1S/C16H30N2O2/c1-15(7-9-18(2)10-8-15)13-17-14-3-5-16(6-4-14)19-11-12-20-16/h14,17H,3-13H2,1-2H3. The van der Waals surface area contributed by atoms with Crippen LogP contribution in [0.1, 0.15) is 45.4 Å². The fourth-order valence-electron chi connectivity index (χ4n) is 3.77. The number of nitrogens with zero attached hydrogens (tertiary/aromatic N) is 1. The van der Waals surface area contributed by atoms with Crippen LogP contribution in [0.3, 0.4) is 0 Å². The van der Waals surface area contributed by atoms with Crippen LogP contribution in [0.25, 0.3) is 0 Å². The van der Waals surface area contributed by atoms with Gasteiger partial charge in [0.05, 0.1) is 13.2 Å². The number of hydrogen-bond acceptors (Lipinski definition) is 4. The molecule has 1 spiro atoms. The van der Waals surface area contributed by atoms with Gasteiger partial charge in [0.15, 0.2) is 5.79 Å². The van der Waals surface area contributed by atoms with E-state index in [1.165, 1.54) is 45.3 Å². The Morgan fingerprint density at radius 2 is 1.65 bits per heavy atom. The monoisotopic (exact) mass is 282 g/mol. The Balaban J connectivity index is 1.41. The van der Waals surface area contributed by atoms with Crippen molar-refractivity contribution in [1.29, 1.82) is 0 Å². The highest BCUT2D eigenvalue weighted by Gasteiger charge is 2.40. The van der Waals surface area contributed by atoms with Crippen molar-refractivity contribution < 1.29 is 9.47 Å². The van der Waals surface area contributed by atoms with E-state index in [0.29, 0.717) is 11.5 Å². The lowest BCUT2D eigenvalue weighted by molar-refractivity contribution is -0.179. The molecule has 3 fully saturated rings. The molecule has 2 saturated heterocycles. The van der Waals surface area contributed by atoms with Gasteiger partial charge in [0, 0.05) is 25.4 Å². The molecular weight excluding hydrogens is 252 g/mol. The molecule has 20 heavy (non-hydrogen) atoms. The van der Waals surface area contributed by atoms with Crippen molar-refractivity contribution in [2.24, 2.45) is 5.41 Å². The first-order chi connectivity index (χ1) is 9.59. The van der Waals surface area contributed by atoms with Crippen molar-refractivity contribution in [2.45, 2.75) is 57.3 Å². The first-order valence-electron chi connectivity index (χ1n) is 8.29. The second kappa shape index (κ2) is 5.91. The van der Waals surface area contributed by atoms with Gasteiger partial charge in [-0.3, -0.25) is 0 Å². The minimum Gasteiger partial charge on any atom is -0.348 e. The molecule has 0 radical (unpaired) electrons. The Morgan fingerprint density at radius 3 is 2.25 bits per heavy atom. The maximum Gasteiger partial charge on any atom is 0.168 e. The van der Waals surface area contributed by atoms with Gasteiger partial charge in [-0.05, 0) is 51.2 Å². The lowest BCUT2D eigenvalue weighted by Gasteiger charge is -2.41. The van der Waals surface area contributed by atoms with E-state index in [0.717, 1.165) is 26.1 Å². The molecule has 1 aliphatic carbocycles. The van der Waals surface area contributed by atoms with Gasteiger partial charge in [-0.15, -0.1) is 0 Å². The first kappa shape index (κ1) is 14.8. The second-order valence-electron chi connectivity index (χ2n) is 7.38. The van der Waals surface area contributed by atoms with Gasteiger partial charge in [0.25, 0.3) is 0 Å². The minimum absolute atomic E-state index is 0.213. The van der Waals surface area contributed by atoms with Crippen LogP contribution in [0.4, 0.5) is 0 Å². The van der Waals surface area contributed by atoms with Crippen LogP contribution >= 0.6 is 0 Å². The van der Waals surface area contributed by atoms with E-state index in [9.17, 15) is 0 Å². The molecule has 1 N–H and O–H groups in total. The van der Waals surface area contributed by atoms with Gasteiger partial charge in [0.1, 0.15) is 0 Å². The summed E-state index contributed by atoms with van der Waals surface area (Å²) in [6.45, 7) is 7.66. The number of ether oxygens (including phenoxy) is 2. The number of nitrogens with one attached hydrogen (secondary N) is 1. The molecule has 0 aromatic rings. The molecule has 0 bridgehead atoms. The lowest BCUT2D eigenvalue weighted by atomic mass is 9.79. The molecule has 1 saturated carbocycles. The lowest BCUT2D eigenvalue weighted by Crippen LogP contribution is -2.47. The van der Waals surface area contributed by atoms with Crippen molar-refractivity contribution >= 4 is 0 Å². The Kier molecular flexibility index (Phi) is 4.37. The quantitative estimate of drug-likeness (QED) is 0.858. The summed E-state index contributed by atoms with van der Waals surface area (Å²) >= 11 is 0. The van der Waals surface area contributed by atoms with E-state index in [2.05, 4.69) is 24.2 Å². The Labute approximate surface area is 123 Å². The maximum atomic E-state index is 5.80. The molecule has 3 aliphatic rings. The zero-order valence-electron chi connectivity index (χ0n) is 13.1. The summed E-state index contributed by atoms with van der Waals surface area (Å²) in [4.78, 5) is 2.45. The molecule has 4 heteroatoms. The van der Waals surface area contributed by atoms with Gasteiger partial charge >= 0.3 is 0 Å². The van der Waals surface area contributed by atoms with Gasteiger partial charge < -0.3 is 19.7 Å². The van der Waals surface area contributed by atoms with E-state index >= 15 is 0 Å². The highest BCUT2D eigenvalue weighted by atomic mass is 16.7. The summed E-state index contributed by atoms with van der Waals surface area (Å²) in [5, 5.41) is 3.82. The highest BCUT2D eigenvalue weighted by Crippen LogP contribution is 2.36. The third-order valence-corrected chi connectivity index (χ3v) is 5.57. The molecule has 2 aliphatic heterocycles. The van der Waals surface area contributed by atoms with E-state index in [1.807, 2.05) is 0 Å². The SMILES string of the molecule is CN1CCC(C)(CNC2CCC3(CC2)OCCO3)CC1. The van der Waals surface area contributed by atoms with Crippen LogP contribution in [0.2, 0.25) is 0 Å². The molecule has 0 aromatic carbocycles. The zero-order valence-corrected chi connectivity index (χ0v) is 13.1. The summed E-state index contributed by atoms with van der Waals surface area (Å²) in [5.74, 6) is -0.213. The second-order valence-corrected chi connectivity index (χ2v) is 7.38. The van der Waals surface area contributed by atoms with Crippen LogP contribution in [-0.4, -0.2) is 56.6 Å². The molecule has 3 rings (SSSR count). The summed E-state index contributed by atoms with van der Waals surface area (Å²) in [7, 11) is 2.23. The van der Waals surface area contributed by atoms with Gasteiger partial charge in [0.2, 0.25) is 0 Å². The topological polar surface area (TPSA) is 33.7 Å². The molecule has 0 unspecified atom stereocenters.